The number of phenolic OH excluding ortho intramolecular Hbond substituents is 2. The van der Waals surface area contributed by atoms with Crippen molar-refractivity contribution in [2.24, 2.45) is 0 Å². The van der Waals surface area contributed by atoms with Crippen LogP contribution in [0.2, 0.25) is 0 Å². The largest absolute Gasteiger partial charge is 0.508 e. The van der Waals surface area contributed by atoms with Gasteiger partial charge >= 0.3 is 0 Å². The zero-order chi connectivity index (χ0) is 18.3. The molecule has 0 aliphatic rings. The minimum Gasteiger partial charge on any atom is -0.508 e. The average Bonchev–Trinajstić information content (AvgIpc) is 3.01. The monoisotopic (exact) mass is 365 g/mol. The molecule has 0 fully saturated rings. The highest BCUT2D eigenvalue weighted by molar-refractivity contribution is 7.71. The number of rotatable bonds is 3. The van der Waals surface area contributed by atoms with E-state index in [4.69, 9.17) is 17.0 Å². The Kier molecular flexibility index (Phi) is 3.85. The molecule has 0 radical (unpaired) electrons. The van der Waals surface area contributed by atoms with Crippen molar-refractivity contribution in [2.75, 3.05) is 7.11 Å². The summed E-state index contributed by atoms with van der Waals surface area (Å²) in [7, 11) is 1.63. The van der Waals surface area contributed by atoms with Crippen LogP contribution in [0.5, 0.6) is 17.2 Å². The number of benzene rings is 3. The fourth-order valence-electron chi connectivity index (χ4n) is 3.05. The van der Waals surface area contributed by atoms with Crippen LogP contribution in [0.25, 0.3) is 27.8 Å². The number of hydrogen-bond donors (Lipinski definition) is 3. The van der Waals surface area contributed by atoms with Crippen LogP contribution >= 0.6 is 12.2 Å². The lowest BCUT2D eigenvalue weighted by molar-refractivity contribution is 0.420. The third-order valence-corrected chi connectivity index (χ3v) is 4.49. The van der Waals surface area contributed by atoms with Crippen molar-refractivity contribution in [1.82, 2.24) is 14.8 Å². The first kappa shape index (κ1) is 16.2. The van der Waals surface area contributed by atoms with E-state index < -0.39 is 0 Å². The van der Waals surface area contributed by atoms with Crippen molar-refractivity contribution in [3.63, 3.8) is 0 Å². The summed E-state index contributed by atoms with van der Waals surface area (Å²) in [6.45, 7) is 0. The van der Waals surface area contributed by atoms with Gasteiger partial charge in [-0.25, -0.2) is 0 Å². The molecule has 26 heavy (non-hydrogen) atoms. The molecule has 7 heteroatoms. The van der Waals surface area contributed by atoms with Gasteiger partial charge in [-0.1, -0.05) is 24.3 Å². The molecule has 130 valence electrons. The van der Waals surface area contributed by atoms with Crippen molar-refractivity contribution >= 4 is 23.0 Å². The summed E-state index contributed by atoms with van der Waals surface area (Å²) in [5.74, 6) is 1.09. The molecule has 0 aliphatic heterocycles. The molecule has 0 saturated carbocycles. The summed E-state index contributed by atoms with van der Waals surface area (Å²) in [5.41, 5.74) is 1.26. The molecule has 4 aromatic rings. The summed E-state index contributed by atoms with van der Waals surface area (Å²) in [6.07, 6.45) is 0. The van der Waals surface area contributed by atoms with E-state index in [1.807, 2.05) is 36.4 Å². The lowest BCUT2D eigenvalue weighted by atomic mass is 10.1. The number of nitrogens with zero attached hydrogens (tertiary/aromatic N) is 2. The van der Waals surface area contributed by atoms with E-state index in [2.05, 4.69) is 10.2 Å². The molecule has 0 aliphatic carbocycles. The first-order valence-corrected chi connectivity index (χ1v) is 8.27. The number of fused-ring (bicyclic) bond motifs is 1. The van der Waals surface area contributed by atoms with E-state index in [-0.39, 0.29) is 11.5 Å². The Hall–Kier alpha value is -3.32. The van der Waals surface area contributed by atoms with Crippen molar-refractivity contribution in [3.8, 4) is 34.3 Å². The van der Waals surface area contributed by atoms with E-state index >= 15 is 0 Å². The molecule has 0 unspecified atom stereocenters. The summed E-state index contributed by atoms with van der Waals surface area (Å²) in [6, 6.07) is 15.9. The highest BCUT2D eigenvalue weighted by Gasteiger charge is 2.17. The number of ether oxygens (including phenoxy) is 1. The molecular formula is C19H15N3O3S. The lowest BCUT2D eigenvalue weighted by Gasteiger charge is -2.13. The van der Waals surface area contributed by atoms with Crippen molar-refractivity contribution < 1.29 is 14.9 Å². The number of hydrogen-bond acceptors (Lipinski definition) is 5. The Morgan fingerprint density at radius 2 is 1.81 bits per heavy atom. The zero-order valence-corrected chi connectivity index (χ0v) is 14.6. The fourth-order valence-corrected chi connectivity index (χ4v) is 3.28. The minimum atomic E-state index is -0.0851. The lowest BCUT2D eigenvalue weighted by Crippen LogP contribution is -1.99. The smallest absolute Gasteiger partial charge is 0.200 e. The Balaban J connectivity index is 2.03. The van der Waals surface area contributed by atoms with Gasteiger partial charge in [-0.2, -0.15) is 5.10 Å². The van der Waals surface area contributed by atoms with Crippen LogP contribution in [0, 0.1) is 4.77 Å². The predicted molar refractivity (Wildman–Crippen MR) is 102 cm³/mol. The van der Waals surface area contributed by atoms with Crippen molar-refractivity contribution in [2.45, 2.75) is 0 Å². The molecule has 3 N–H and O–H groups in total. The van der Waals surface area contributed by atoms with Gasteiger partial charge < -0.3 is 14.9 Å². The highest BCUT2D eigenvalue weighted by Crippen LogP contribution is 2.35. The number of phenols is 2. The number of aromatic hydroxyl groups is 2. The maximum Gasteiger partial charge on any atom is 0.200 e. The number of nitrogens with one attached hydrogen (secondary N) is 1. The molecule has 0 bridgehead atoms. The number of aromatic amines is 1. The molecule has 4 rings (SSSR count). The standard InChI is InChI=1S/C19H15N3O3S/c1-25-17-7-3-4-12-13(17)5-2-6-15(12)22-18(20-21-19(22)26)14-9-8-11(23)10-16(14)24/h2-10,23-24H,1H3,(H,21,26). The maximum absolute atomic E-state index is 10.2. The Morgan fingerprint density at radius 3 is 2.58 bits per heavy atom. The quantitative estimate of drug-likeness (QED) is 0.475. The Morgan fingerprint density at radius 1 is 1.04 bits per heavy atom. The Bertz CT molecular complexity index is 1180. The van der Waals surface area contributed by atoms with Crippen LogP contribution in [0.1, 0.15) is 0 Å². The highest BCUT2D eigenvalue weighted by atomic mass is 32.1. The van der Waals surface area contributed by atoms with Gasteiger partial charge in [0.2, 0.25) is 0 Å². The SMILES string of the molecule is COc1cccc2c(-n3c(-c4ccc(O)cc4O)n[nH]c3=S)cccc12. The average molecular weight is 365 g/mol. The van der Waals surface area contributed by atoms with Gasteiger partial charge in [0.15, 0.2) is 10.6 Å². The second-order valence-corrected chi connectivity index (χ2v) is 6.11. The van der Waals surface area contributed by atoms with Crippen LogP contribution in [0.15, 0.2) is 54.6 Å². The third-order valence-electron chi connectivity index (χ3n) is 4.21. The first-order valence-electron chi connectivity index (χ1n) is 7.86. The van der Waals surface area contributed by atoms with Crippen LogP contribution in [0.4, 0.5) is 0 Å². The van der Waals surface area contributed by atoms with E-state index in [9.17, 15) is 10.2 Å². The number of H-pyrrole nitrogens is 1. The van der Waals surface area contributed by atoms with Gasteiger partial charge in [-0.05, 0) is 36.5 Å². The van der Waals surface area contributed by atoms with Crippen LogP contribution in [-0.2, 0) is 0 Å². The van der Waals surface area contributed by atoms with Gasteiger partial charge in [0, 0.05) is 16.8 Å². The molecule has 1 aromatic heterocycles. The van der Waals surface area contributed by atoms with Gasteiger partial charge in [0.1, 0.15) is 17.2 Å². The van der Waals surface area contributed by atoms with Gasteiger partial charge in [0.25, 0.3) is 0 Å². The van der Waals surface area contributed by atoms with E-state index in [0.29, 0.717) is 16.2 Å². The van der Waals surface area contributed by atoms with Crippen LogP contribution in [0.3, 0.4) is 0 Å². The number of methoxy groups -OCH3 is 1. The van der Waals surface area contributed by atoms with Gasteiger partial charge in [-0.15, -0.1) is 0 Å². The minimum absolute atomic E-state index is 0.0261. The van der Waals surface area contributed by atoms with Gasteiger partial charge in [0.05, 0.1) is 18.4 Å². The first-order chi connectivity index (χ1) is 12.6. The molecule has 0 amide bonds. The fraction of sp³-hybridized carbons (Fsp3) is 0.0526. The topological polar surface area (TPSA) is 83.3 Å². The Labute approximate surface area is 153 Å². The molecule has 1 heterocycles. The van der Waals surface area contributed by atoms with E-state index in [1.165, 1.54) is 12.1 Å². The molecular weight excluding hydrogens is 350 g/mol. The molecule has 6 nitrogen and oxygen atoms in total. The predicted octanol–water partition coefficient (Wildman–Crippen LogP) is 4.17. The summed E-state index contributed by atoms with van der Waals surface area (Å²) in [4.78, 5) is 0. The molecule has 0 spiro atoms. The summed E-state index contributed by atoms with van der Waals surface area (Å²) >= 11 is 5.43. The second kappa shape index (κ2) is 6.20. The molecule has 0 saturated heterocycles. The normalized spacial score (nSPS) is 11.0. The van der Waals surface area contributed by atoms with Crippen LogP contribution in [-0.4, -0.2) is 32.1 Å². The molecule has 3 aromatic carbocycles. The second-order valence-electron chi connectivity index (χ2n) is 5.72. The molecule has 0 atom stereocenters. The van der Waals surface area contributed by atoms with E-state index in [1.54, 1.807) is 17.7 Å². The van der Waals surface area contributed by atoms with Gasteiger partial charge in [-0.3, -0.25) is 9.67 Å². The third kappa shape index (κ3) is 2.49. The maximum atomic E-state index is 10.2. The zero-order valence-electron chi connectivity index (χ0n) is 13.8. The van der Waals surface area contributed by atoms with Crippen molar-refractivity contribution in [1.29, 1.82) is 0 Å². The van der Waals surface area contributed by atoms with E-state index in [0.717, 1.165) is 22.2 Å². The van der Waals surface area contributed by atoms with Crippen LogP contribution < -0.4 is 4.74 Å². The number of aromatic nitrogens is 3. The summed E-state index contributed by atoms with van der Waals surface area (Å²) < 4.78 is 7.60. The van der Waals surface area contributed by atoms with Crippen molar-refractivity contribution in [3.05, 3.63) is 59.4 Å². The summed E-state index contributed by atoms with van der Waals surface area (Å²) in [5, 5.41) is 28.7.